The van der Waals surface area contributed by atoms with Gasteiger partial charge in [-0.15, -0.1) is 0 Å². The van der Waals surface area contributed by atoms with Gasteiger partial charge >= 0.3 is 5.97 Å². The number of nitrogens with zero attached hydrogens (tertiary/aromatic N) is 2. The summed E-state index contributed by atoms with van der Waals surface area (Å²) < 4.78 is 4.99. The van der Waals surface area contributed by atoms with Crippen molar-refractivity contribution in [1.29, 1.82) is 0 Å². The molecule has 8 heteroatoms. The van der Waals surface area contributed by atoms with Crippen LogP contribution in [0.15, 0.2) is 18.2 Å². The molecule has 108 valence electrons. The fraction of sp³-hybridized carbons (Fsp3) is 0.333. The molecule has 0 spiro atoms. The van der Waals surface area contributed by atoms with Crippen LogP contribution in [0.3, 0.4) is 0 Å². The molecule has 0 atom stereocenters. The summed E-state index contributed by atoms with van der Waals surface area (Å²) in [6.45, 7) is 0.0000128. The van der Waals surface area contributed by atoms with Crippen LogP contribution in [0.2, 0.25) is 0 Å². The lowest BCUT2D eigenvalue weighted by atomic mass is 10.1. The maximum Gasteiger partial charge on any atom is 0.305 e. The zero-order valence-corrected chi connectivity index (χ0v) is 11.0. The third-order valence-electron chi connectivity index (χ3n) is 2.63. The van der Waals surface area contributed by atoms with Crippen LogP contribution in [-0.2, 0) is 4.79 Å². The topological polar surface area (TPSA) is 110 Å². The van der Waals surface area contributed by atoms with Gasteiger partial charge in [0.25, 0.3) is 11.6 Å². The number of methoxy groups -OCH3 is 1. The van der Waals surface area contributed by atoms with Crippen LogP contribution < -0.4 is 4.74 Å². The first kappa shape index (κ1) is 15.4. The van der Waals surface area contributed by atoms with E-state index in [1.165, 1.54) is 31.2 Å². The lowest BCUT2D eigenvalue weighted by molar-refractivity contribution is -0.384. The molecule has 0 heterocycles. The minimum Gasteiger partial charge on any atom is -0.496 e. The second kappa shape index (κ2) is 6.50. The molecule has 0 aliphatic carbocycles. The SMILES string of the molecule is COc1ccc([N+](=O)[O-])cc1C(=O)N(C)CCC(=O)O. The van der Waals surface area contributed by atoms with Gasteiger partial charge in [-0.2, -0.15) is 0 Å². The van der Waals surface area contributed by atoms with Crippen molar-refractivity contribution in [3.63, 3.8) is 0 Å². The molecular weight excluding hydrogens is 268 g/mol. The second-order valence-corrected chi connectivity index (χ2v) is 4.01. The normalized spacial score (nSPS) is 9.90. The van der Waals surface area contributed by atoms with Crippen molar-refractivity contribution >= 4 is 17.6 Å². The van der Waals surface area contributed by atoms with Crippen LogP contribution in [0.25, 0.3) is 0 Å². The van der Waals surface area contributed by atoms with E-state index in [9.17, 15) is 19.7 Å². The van der Waals surface area contributed by atoms with Gasteiger partial charge in [0.05, 0.1) is 24.0 Å². The van der Waals surface area contributed by atoms with Crippen LogP contribution in [-0.4, -0.2) is 47.5 Å². The van der Waals surface area contributed by atoms with Crippen molar-refractivity contribution in [1.82, 2.24) is 4.90 Å². The number of benzene rings is 1. The van der Waals surface area contributed by atoms with Gasteiger partial charge < -0.3 is 14.7 Å². The van der Waals surface area contributed by atoms with E-state index in [2.05, 4.69) is 0 Å². The lowest BCUT2D eigenvalue weighted by Crippen LogP contribution is -2.29. The third-order valence-corrected chi connectivity index (χ3v) is 2.63. The zero-order chi connectivity index (χ0) is 15.3. The van der Waals surface area contributed by atoms with Crippen LogP contribution in [0, 0.1) is 10.1 Å². The van der Waals surface area contributed by atoms with Crippen LogP contribution in [0.4, 0.5) is 5.69 Å². The maximum atomic E-state index is 12.1. The highest BCUT2D eigenvalue weighted by molar-refractivity contribution is 5.97. The maximum absolute atomic E-state index is 12.1. The Hall–Kier alpha value is -2.64. The first-order valence-electron chi connectivity index (χ1n) is 5.66. The first-order chi connectivity index (χ1) is 9.36. The number of carboxylic acid groups (broad SMARTS) is 1. The largest absolute Gasteiger partial charge is 0.496 e. The smallest absolute Gasteiger partial charge is 0.305 e. The molecule has 0 aliphatic heterocycles. The number of hydrogen-bond acceptors (Lipinski definition) is 5. The summed E-state index contributed by atoms with van der Waals surface area (Å²) in [7, 11) is 2.76. The molecule has 0 aromatic heterocycles. The predicted molar refractivity (Wildman–Crippen MR) is 68.9 cm³/mol. The van der Waals surface area contributed by atoms with Gasteiger partial charge in [0, 0.05) is 25.7 Å². The standard InChI is InChI=1S/C12H14N2O6/c1-13(6-5-11(15)16)12(17)9-7-8(14(18)19)3-4-10(9)20-2/h3-4,7H,5-6H2,1-2H3,(H,15,16). The van der Waals surface area contributed by atoms with Crippen LogP contribution in [0.5, 0.6) is 5.75 Å². The molecule has 1 aromatic rings. The fourth-order valence-corrected chi connectivity index (χ4v) is 1.55. The van der Waals surface area contributed by atoms with Gasteiger partial charge in [-0.05, 0) is 6.07 Å². The zero-order valence-electron chi connectivity index (χ0n) is 11.0. The number of nitro benzene ring substituents is 1. The molecule has 0 unspecified atom stereocenters. The van der Waals surface area contributed by atoms with E-state index >= 15 is 0 Å². The van der Waals surface area contributed by atoms with Crippen molar-refractivity contribution in [2.75, 3.05) is 20.7 Å². The van der Waals surface area contributed by atoms with Crippen molar-refractivity contribution < 1.29 is 24.4 Å². The quantitative estimate of drug-likeness (QED) is 0.619. The number of hydrogen-bond donors (Lipinski definition) is 1. The summed E-state index contributed by atoms with van der Waals surface area (Å²) in [6, 6.07) is 3.67. The number of nitro groups is 1. The highest BCUT2D eigenvalue weighted by atomic mass is 16.6. The van der Waals surface area contributed by atoms with Gasteiger partial charge in [0.15, 0.2) is 0 Å². The second-order valence-electron chi connectivity index (χ2n) is 4.01. The van der Waals surface area contributed by atoms with Crippen molar-refractivity contribution in [3.8, 4) is 5.75 Å². The number of non-ortho nitro benzene ring substituents is 1. The molecule has 1 aromatic carbocycles. The molecule has 0 aliphatic rings. The first-order valence-corrected chi connectivity index (χ1v) is 5.66. The summed E-state index contributed by atoms with van der Waals surface area (Å²) >= 11 is 0. The highest BCUT2D eigenvalue weighted by Gasteiger charge is 2.20. The Balaban J connectivity index is 3.03. The summed E-state index contributed by atoms with van der Waals surface area (Å²) in [5, 5.41) is 19.3. The van der Waals surface area contributed by atoms with Gasteiger partial charge in [-0.3, -0.25) is 19.7 Å². The van der Waals surface area contributed by atoms with Gasteiger partial charge in [0.1, 0.15) is 5.75 Å². The number of rotatable bonds is 6. The molecule has 1 rings (SSSR count). The summed E-state index contributed by atoms with van der Waals surface area (Å²) in [6.07, 6.45) is -0.209. The molecule has 0 bridgehead atoms. The molecule has 0 fully saturated rings. The van der Waals surface area contributed by atoms with E-state index in [1.807, 2.05) is 0 Å². The Bertz CT molecular complexity index is 543. The van der Waals surface area contributed by atoms with Crippen molar-refractivity contribution in [3.05, 3.63) is 33.9 Å². The van der Waals surface area contributed by atoms with Crippen molar-refractivity contribution in [2.45, 2.75) is 6.42 Å². The van der Waals surface area contributed by atoms with Crippen LogP contribution in [0.1, 0.15) is 16.8 Å². The van der Waals surface area contributed by atoms with Gasteiger partial charge in [-0.25, -0.2) is 0 Å². The third kappa shape index (κ3) is 3.67. The monoisotopic (exact) mass is 282 g/mol. The Kier molecular flexibility index (Phi) is 5.01. The van der Waals surface area contributed by atoms with Gasteiger partial charge in [0.2, 0.25) is 0 Å². The molecule has 1 N–H and O–H groups in total. The number of carbonyl (C=O) groups excluding carboxylic acids is 1. The number of carboxylic acids is 1. The predicted octanol–water partition coefficient (Wildman–Crippen LogP) is 1.15. The van der Waals surface area contributed by atoms with E-state index in [0.717, 1.165) is 6.07 Å². The van der Waals surface area contributed by atoms with E-state index < -0.39 is 16.8 Å². The summed E-state index contributed by atoms with van der Waals surface area (Å²) in [5.74, 6) is -1.37. The van der Waals surface area contributed by atoms with Crippen molar-refractivity contribution in [2.24, 2.45) is 0 Å². The Labute approximate surface area is 114 Å². The molecule has 1 amide bonds. The fourth-order valence-electron chi connectivity index (χ4n) is 1.55. The average Bonchev–Trinajstić information content (AvgIpc) is 2.42. The Morgan fingerprint density at radius 1 is 1.45 bits per heavy atom. The minimum atomic E-state index is -1.03. The average molecular weight is 282 g/mol. The van der Waals surface area contributed by atoms with Crippen LogP contribution >= 0.6 is 0 Å². The molecule has 0 saturated carbocycles. The highest BCUT2D eigenvalue weighted by Crippen LogP contribution is 2.25. The Morgan fingerprint density at radius 2 is 2.10 bits per heavy atom. The number of ether oxygens (including phenoxy) is 1. The molecule has 0 radical (unpaired) electrons. The number of aliphatic carboxylic acids is 1. The Morgan fingerprint density at radius 3 is 2.60 bits per heavy atom. The number of amides is 1. The minimum absolute atomic E-state index is 0.0000128. The molecule has 8 nitrogen and oxygen atoms in total. The molecule has 0 saturated heterocycles. The molecular formula is C12H14N2O6. The summed E-state index contributed by atoms with van der Waals surface area (Å²) in [5.41, 5.74) is -0.213. The molecule has 20 heavy (non-hydrogen) atoms. The van der Waals surface area contributed by atoms with E-state index in [4.69, 9.17) is 9.84 Å². The summed E-state index contributed by atoms with van der Waals surface area (Å²) in [4.78, 5) is 33.9. The lowest BCUT2D eigenvalue weighted by Gasteiger charge is -2.17. The van der Waals surface area contributed by atoms with E-state index in [-0.39, 0.29) is 30.0 Å². The van der Waals surface area contributed by atoms with E-state index in [1.54, 1.807) is 0 Å². The van der Waals surface area contributed by atoms with Gasteiger partial charge in [-0.1, -0.05) is 0 Å². The van der Waals surface area contributed by atoms with E-state index in [0.29, 0.717) is 0 Å². The number of carbonyl (C=O) groups is 2.